The Morgan fingerprint density at radius 3 is 2.53 bits per heavy atom. The first-order chi connectivity index (χ1) is 8.97. The van der Waals surface area contributed by atoms with Crippen LogP contribution in [0.3, 0.4) is 0 Å². The number of furan rings is 1. The van der Waals surface area contributed by atoms with Crippen molar-refractivity contribution in [2.75, 3.05) is 5.32 Å². The van der Waals surface area contributed by atoms with Crippen molar-refractivity contribution in [2.24, 2.45) is 0 Å². The summed E-state index contributed by atoms with van der Waals surface area (Å²) in [7, 11) is 0. The molecule has 0 atom stereocenters. The zero-order chi connectivity index (χ0) is 14.0. The molecule has 0 aliphatic rings. The largest absolute Gasteiger partial charge is 0.478 e. The van der Waals surface area contributed by atoms with Crippen molar-refractivity contribution in [3.63, 3.8) is 0 Å². The Bertz CT molecular complexity index is 651. The minimum absolute atomic E-state index is 0.204. The molecule has 7 heteroatoms. The van der Waals surface area contributed by atoms with Crippen molar-refractivity contribution in [2.45, 2.75) is 0 Å². The van der Waals surface area contributed by atoms with E-state index in [0.29, 0.717) is 6.07 Å². The summed E-state index contributed by atoms with van der Waals surface area (Å²) in [6.07, 6.45) is 0.887. The number of carbonyl (C=O) groups excluding carboxylic acids is 1. The van der Waals surface area contributed by atoms with Crippen molar-refractivity contribution < 1.29 is 27.9 Å². The monoisotopic (exact) mass is 267 g/mol. The van der Waals surface area contributed by atoms with Crippen LogP contribution in [0.1, 0.15) is 20.9 Å². The molecule has 2 N–H and O–H groups in total. The average Bonchev–Trinajstić information content (AvgIpc) is 2.82. The Morgan fingerprint density at radius 1 is 1.21 bits per heavy atom. The van der Waals surface area contributed by atoms with E-state index in [1.165, 1.54) is 0 Å². The number of nitrogens with one attached hydrogen (secondary N) is 1. The van der Waals surface area contributed by atoms with Crippen molar-refractivity contribution in [3.8, 4) is 0 Å². The van der Waals surface area contributed by atoms with Crippen LogP contribution in [0.15, 0.2) is 34.9 Å². The van der Waals surface area contributed by atoms with Gasteiger partial charge in [-0.25, -0.2) is 13.6 Å². The van der Waals surface area contributed by atoms with Crippen LogP contribution in [-0.2, 0) is 0 Å². The second-order valence-electron chi connectivity index (χ2n) is 3.58. The minimum Gasteiger partial charge on any atom is -0.478 e. The third-order valence-corrected chi connectivity index (χ3v) is 2.25. The Kier molecular flexibility index (Phi) is 3.28. The number of hydrogen-bond acceptors (Lipinski definition) is 3. The van der Waals surface area contributed by atoms with Gasteiger partial charge in [0.05, 0.1) is 11.3 Å². The predicted molar refractivity (Wildman–Crippen MR) is 60.0 cm³/mol. The molecule has 1 aromatic heterocycles. The summed E-state index contributed by atoms with van der Waals surface area (Å²) in [5, 5.41) is 10.8. The maximum absolute atomic E-state index is 13.3. The number of amides is 1. The number of benzene rings is 1. The maximum atomic E-state index is 13.3. The SMILES string of the molecule is O=C(O)c1coc(C(=O)Nc2ccc(F)cc2F)c1. The minimum atomic E-state index is -1.25. The number of anilines is 1. The molecule has 0 saturated heterocycles. The van der Waals surface area contributed by atoms with E-state index in [2.05, 4.69) is 5.32 Å². The van der Waals surface area contributed by atoms with E-state index in [1.54, 1.807) is 0 Å². The summed E-state index contributed by atoms with van der Waals surface area (Å²) in [5.41, 5.74) is -0.440. The first-order valence-electron chi connectivity index (χ1n) is 5.05. The fourth-order valence-electron chi connectivity index (χ4n) is 1.34. The normalized spacial score (nSPS) is 10.2. The Morgan fingerprint density at radius 2 is 1.95 bits per heavy atom. The van der Waals surface area contributed by atoms with Gasteiger partial charge in [-0.1, -0.05) is 0 Å². The highest BCUT2D eigenvalue weighted by Crippen LogP contribution is 2.17. The first-order valence-corrected chi connectivity index (χ1v) is 5.05. The highest BCUT2D eigenvalue weighted by Gasteiger charge is 2.16. The lowest BCUT2D eigenvalue weighted by Crippen LogP contribution is -2.12. The molecule has 0 aliphatic carbocycles. The van der Waals surface area contributed by atoms with Gasteiger partial charge in [0.15, 0.2) is 5.76 Å². The van der Waals surface area contributed by atoms with Crippen LogP contribution in [0.5, 0.6) is 0 Å². The smallest absolute Gasteiger partial charge is 0.338 e. The standard InChI is InChI=1S/C12H7F2NO4/c13-7-1-2-9(8(14)4-7)15-11(16)10-3-6(5-19-10)12(17)18/h1-5H,(H,15,16)(H,17,18). The summed E-state index contributed by atoms with van der Waals surface area (Å²) in [4.78, 5) is 22.2. The zero-order valence-electron chi connectivity index (χ0n) is 9.31. The molecule has 0 radical (unpaired) electrons. The molecule has 98 valence electrons. The van der Waals surface area contributed by atoms with Crippen LogP contribution in [0.25, 0.3) is 0 Å². The quantitative estimate of drug-likeness (QED) is 0.895. The molecule has 0 saturated carbocycles. The Balaban J connectivity index is 2.18. The molecule has 19 heavy (non-hydrogen) atoms. The molecule has 2 rings (SSSR count). The molecule has 0 aliphatic heterocycles. The molecular weight excluding hydrogens is 260 g/mol. The van der Waals surface area contributed by atoms with Gasteiger partial charge in [0.2, 0.25) is 0 Å². The van der Waals surface area contributed by atoms with Gasteiger partial charge in [-0.15, -0.1) is 0 Å². The van der Waals surface area contributed by atoms with Gasteiger partial charge in [0.1, 0.15) is 17.9 Å². The summed E-state index contributed by atoms with van der Waals surface area (Å²) >= 11 is 0. The third-order valence-electron chi connectivity index (χ3n) is 2.25. The average molecular weight is 267 g/mol. The molecule has 0 unspecified atom stereocenters. The van der Waals surface area contributed by atoms with Crippen LogP contribution in [0, 0.1) is 11.6 Å². The van der Waals surface area contributed by atoms with E-state index >= 15 is 0 Å². The first kappa shape index (κ1) is 12.7. The molecule has 2 aromatic rings. The van der Waals surface area contributed by atoms with Gasteiger partial charge >= 0.3 is 5.97 Å². The lowest BCUT2D eigenvalue weighted by atomic mass is 10.2. The fourth-order valence-corrected chi connectivity index (χ4v) is 1.34. The zero-order valence-corrected chi connectivity index (χ0v) is 9.31. The Hall–Kier alpha value is -2.70. The number of carbonyl (C=O) groups is 2. The second-order valence-corrected chi connectivity index (χ2v) is 3.58. The van der Waals surface area contributed by atoms with Crippen LogP contribution in [-0.4, -0.2) is 17.0 Å². The number of carboxylic acid groups (broad SMARTS) is 1. The number of halogens is 2. The third kappa shape index (κ3) is 2.76. The molecule has 5 nitrogen and oxygen atoms in total. The second kappa shape index (κ2) is 4.89. The van der Waals surface area contributed by atoms with E-state index in [1.807, 2.05) is 0 Å². The van der Waals surface area contributed by atoms with Gasteiger partial charge in [-0.3, -0.25) is 4.79 Å². The van der Waals surface area contributed by atoms with Gasteiger partial charge < -0.3 is 14.8 Å². The van der Waals surface area contributed by atoms with Crippen LogP contribution in [0.4, 0.5) is 14.5 Å². The molecule has 1 aromatic carbocycles. The Labute approximate surface area is 105 Å². The van der Waals surface area contributed by atoms with Crippen LogP contribution >= 0.6 is 0 Å². The van der Waals surface area contributed by atoms with Gasteiger partial charge in [-0.05, 0) is 12.1 Å². The van der Waals surface area contributed by atoms with E-state index < -0.39 is 23.5 Å². The summed E-state index contributed by atoms with van der Waals surface area (Å²) in [6, 6.07) is 3.63. The lowest BCUT2D eigenvalue weighted by Gasteiger charge is -2.04. The highest BCUT2D eigenvalue weighted by atomic mass is 19.1. The molecule has 1 amide bonds. The van der Waals surface area contributed by atoms with Crippen molar-refractivity contribution >= 4 is 17.6 Å². The molecule has 1 heterocycles. The number of rotatable bonds is 3. The summed E-state index contributed by atoms with van der Waals surface area (Å²) in [5.74, 6) is -4.10. The predicted octanol–water partition coefficient (Wildman–Crippen LogP) is 2.51. The van der Waals surface area contributed by atoms with Crippen molar-refractivity contribution in [3.05, 3.63) is 53.5 Å². The summed E-state index contributed by atoms with van der Waals surface area (Å²) in [6.45, 7) is 0. The highest BCUT2D eigenvalue weighted by molar-refractivity contribution is 6.03. The topological polar surface area (TPSA) is 79.5 Å². The van der Waals surface area contributed by atoms with E-state index in [9.17, 15) is 18.4 Å². The van der Waals surface area contributed by atoms with Gasteiger partial charge in [0, 0.05) is 12.1 Å². The maximum Gasteiger partial charge on any atom is 0.338 e. The van der Waals surface area contributed by atoms with E-state index in [-0.39, 0.29) is 17.0 Å². The number of carboxylic acids is 1. The number of hydrogen-bond donors (Lipinski definition) is 2. The van der Waals surface area contributed by atoms with Crippen molar-refractivity contribution in [1.82, 2.24) is 0 Å². The van der Waals surface area contributed by atoms with E-state index in [4.69, 9.17) is 9.52 Å². The lowest BCUT2D eigenvalue weighted by molar-refractivity contribution is 0.0696. The molecule has 0 spiro atoms. The summed E-state index contributed by atoms with van der Waals surface area (Å²) < 4.78 is 30.7. The molecule has 0 fully saturated rings. The molecule has 0 bridgehead atoms. The van der Waals surface area contributed by atoms with Gasteiger partial charge in [-0.2, -0.15) is 0 Å². The number of aromatic carboxylic acids is 1. The van der Waals surface area contributed by atoms with Crippen LogP contribution in [0.2, 0.25) is 0 Å². The molecular formula is C12H7F2NO4. The van der Waals surface area contributed by atoms with Crippen molar-refractivity contribution in [1.29, 1.82) is 0 Å². The van der Waals surface area contributed by atoms with E-state index in [0.717, 1.165) is 24.5 Å². The fraction of sp³-hybridized carbons (Fsp3) is 0. The van der Waals surface area contributed by atoms with Gasteiger partial charge in [0.25, 0.3) is 5.91 Å². The van der Waals surface area contributed by atoms with Crippen LogP contribution < -0.4 is 5.32 Å².